The molecule has 3 N–H and O–H groups in total. The first kappa shape index (κ1) is 21.3. The van der Waals surface area contributed by atoms with Gasteiger partial charge in [-0.1, -0.05) is 11.2 Å². The van der Waals surface area contributed by atoms with Crippen molar-refractivity contribution in [2.24, 2.45) is 0 Å². The van der Waals surface area contributed by atoms with Gasteiger partial charge in [-0.25, -0.2) is 4.39 Å². The third kappa shape index (κ3) is 3.66. The molecule has 1 fully saturated rings. The largest absolute Gasteiger partial charge is 0.399 e. The smallest absolute Gasteiger partial charge is 0.295 e. The Bertz CT molecular complexity index is 1410. The van der Waals surface area contributed by atoms with Crippen molar-refractivity contribution in [3.63, 3.8) is 0 Å². The van der Waals surface area contributed by atoms with Crippen LogP contribution in [0.3, 0.4) is 0 Å². The first-order chi connectivity index (χ1) is 16.4. The van der Waals surface area contributed by atoms with Crippen LogP contribution in [-0.4, -0.2) is 68.7 Å². The molecule has 0 radical (unpaired) electrons. The number of amides is 2. The van der Waals surface area contributed by atoms with E-state index in [-0.39, 0.29) is 54.4 Å². The van der Waals surface area contributed by atoms with Gasteiger partial charge in [0.25, 0.3) is 17.6 Å². The van der Waals surface area contributed by atoms with Crippen LogP contribution in [0.4, 0.5) is 10.1 Å². The normalized spacial score (nSPS) is 13.9. The number of hydrogen-bond donors (Lipinski definition) is 2. The summed E-state index contributed by atoms with van der Waals surface area (Å²) >= 11 is 0. The minimum absolute atomic E-state index is 0.0175. The van der Waals surface area contributed by atoms with Gasteiger partial charge in [-0.05, 0) is 30.3 Å². The summed E-state index contributed by atoms with van der Waals surface area (Å²) in [7, 11) is 0. The number of benzene rings is 2. The summed E-state index contributed by atoms with van der Waals surface area (Å²) < 4.78 is 19.4. The van der Waals surface area contributed by atoms with E-state index in [9.17, 15) is 18.8 Å². The highest BCUT2D eigenvalue weighted by molar-refractivity contribution is 6.45. The molecule has 10 nitrogen and oxygen atoms in total. The monoisotopic (exact) mass is 462 g/mol. The second-order valence-corrected chi connectivity index (χ2v) is 7.84. The molecule has 172 valence electrons. The molecule has 1 aliphatic rings. The Kier molecular flexibility index (Phi) is 5.28. The number of nitrogens with zero attached hydrogens (tertiary/aromatic N) is 4. The van der Waals surface area contributed by atoms with E-state index in [2.05, 4.69) is 15.1 Å². The maximum Gasteiger partial charge on any atom is 0.295 e. The Hall–Kier alpha value is -4.54. The number of carbonyl (C=O) groups is 3. The number of piperazine rings is 1. The number of carbonyl (C=O) groups excluding carboxylic acids is 3. The quantitative estimate of drug-likeness (QED) is 0.269. The average molecular weight is 462 g/mol. The van der Waals surface area contributed by atoms with Crippen LogP contribution in [0.5, 0.6) is 0 Å². The number of H-pyrrole nitrogens is 1. The zero-order valence-electron chi connectivity index (χ0n) is 17.8. The Labute approximate surface area is 192 Å². The summed E-state index contributed by atoms with van der Waals surface area (Å²) in [6.45, 7) is 0.878. The lowest BCUT2D eigenvalue weighted by Gasteiger charge is -2.34. The number of halogens is 1. The SMILES string of the molecule is Nc1cccc(C(=O)N2CCN(C(=O)C(=O)c3c[nH]c4c(-c5ncon5)ccc(F)c34)CC2)c1. The first-order valence-corrected chi connectivity index (χ1v) is 10.5. The second kappa shape index (κ2) is 8.43. The van der Waals surface area contributed by atoms with Crippen molar-refractivity contribution in [1.82, 2.24) is 24.9 Å². The molecule has 2 aromatic carbocycles. The highest BCUT2D eigenvalue weighted by atomic mass is 19.1. The molecule has 11 heteroatoms. The number of nitrogens with two attached hydrogens (primary N) is 1. The van der Waals surface area contributed by atoms with E-state index in [1.165, 1.54) is 23.2 Å². The van der Waals surface area contributed by atoms with Crippen LogP contribution in [0, 0.1) is 5.82 Å². The zero-order chi connectivity index (χ0) is 23.8. The fourth-order valence-electron chi connectivity index (χ4n) is 4.09. The fraction of sp³-hybridized carbons (Fsp3) is 0.174. The Balaban J connectivity index is 1.33. The molecule has 0 bridgehead atoms. The number of fused-ring (bicyclic) bond motifs is 1. The molecule has 5 rings (SSSR count). The van der Waals surface area contributed by atoms with E-state index < -0.39 is 17.5 Å². The molecule has 0 spiro atoms. The maximum absolute atomic E-state index is 14.7. The third-order valence-electron chi connectivity index (χ3n) is 5.81. The lowest BCUT2D eigenvalue weighted by molar-refractivity contribution is -0.127. The third-order valence-corrected chi connectivity index (χ3v) is 5.81. The Morgan fingerprint density at radius 3 is 2.53 bits per heavy atom. The van der Waals surface area contributed by atoms with Gasteiger partial charge in [0, 0.05) is 54.6 Å². The summed E-state index contributed by atoms with van der Waals surface area (Å²) in [5, 5.41) is 3.73. The standard InChI is InChI=1S/C23H19FN6O4/c24-17-5-4-15(21-27-12-34-28-21)19-18(17)16(11-26-19)20(31)23(33)30-8-6-29(7-9-30)22(32)13-2-1-3-14(25)10-13/h1-5,10-12,26H,6-9,25H2. The lowest BCUT2D eigenvalue weighted by Crippen LogP contribution is -2.52. The van der Waals surface area contributed by atoms with Crippen molar-refractivity contribution in [1.29, 1.82) is 0 Å². The van der Waals surface area contributed by atoms with Gasteiger partial charge in [0.05, 0.1) is 11.1 Å². The highest BCUT2D eigenvalue weighted by Gasteiger charge is 2.31. The van der Waals surface area contributed by atoms with Gasteiger partial charge in [-0.3, -0.25) is 14.4 Å². The summed E-state index contributed by atoms with van der Waals surface area (Å²) in [6.07, 6.45) is 2.44. The summed E-state index contributed by atoms with van der Waals surface area (Å²) in [4.78, 5) is 48.4. The van der Waals surface area contributed by atoms with Crippen molar-refractivity contribution < 1.29 is 23.3 Å². The lowest BCUT2D eigenvalue weighted by atomic mass is 10.0. The molecule has 1 saturated heterocycles. The van der Waals surface area contributed by atoms with Crippen LogP contribution in [0.25, 0.3) is 22.3 Å². The van der Waals surface area contributed by atoms with Crippen LogP contribution in [0.15, 0.2) is 53.5 Å². The number of nitrogens with one attached hydrogen (secondary N) is 1. The predicted molar refractivity (Wildman–Crippen MR) is 119 cm³/mol. The number of aromatic nitrogens is 3. The topological polar surface area (TPSA) is 138 Å². The molecular formula is C23H19FN6O4. The highest BCUT2D eigenvalue weighted by Crippen LogP contribution is 2.30. The average Bonchev–Trinajstić information content (AvgIpc) is 3.54. The molecule has 0 atom stereocenters. The van der Waals surface area contributed by atoms with E-state index in [0.717, 1.165) is 6.39 Å². The van der Waals surface area contributed by atoms with Gasteiger partial charge in [-0.2, -0.15) is 4.98 Å². The van der Waals surface area contributed by atoms with Crippen LogP contribution in [0.1, 0.15) is 20.7 Å². The van der Waals surface area contributed by atoms with Crippen molar-refractivity contribution in [3.8, 4) is 11.4 Å². The van der Waals surface area contributed by atoms with Crippen molar-refractivity contribution in [2.75, 3.05) is 31.9 Å². The predicted octanol–water partition coefficient (Wildman–Crippen LogP) is 2.11. The van der Waals surface area contributed by atoms with E-state index >= 15 is 0 Å². The molecule has 4 aromatic rings. The van der Waals surface area contributed by atoms with Gasteiger partial charge in [0.15, 0.2) is 0 Å². The minimum atomic E-state index is -0.842. The van der Waals surface area contributed by atoms with E-state index in [4.69, 9.17) is 10.3 Å². The number of rotatable bonds is 4. The van der Waals surface area contributed by atoms with E-state index in [0.29, 0.717) is 16.8 Å². The minimum Gasteiger partial charge on any atom is -0.399 e. The molecule has 1 aliphatic heterocycles. The molecule has 0 aliphatic carbocycles. The van der Waals surface area contributed by atoms with Gasteiger partial charge < -0.3 is 25.0 Å². The van der Waals surface area contributed by atoms with Crippen molar-refractivity contribution in [2.45, 2.75) is 0 Å². The number of anilines is 1. The number of aromatic amines is 1. The second-order valence-electron chi connectivity index (χ2n) is 7.84. The number of Topliss-reactive ketones (excluding diaryl/α,β-unsaturated/α-hetero) is 1. The van der Waals surface area contributed by atoms with Gasteiger partial charge >= 0.3 is 0 Å². The van der Waals surface area contributed by atoms with Gasteiger partial charge in [0.1, 0.15) is 5.82 Å². The number of ketones is 1. The van der Waals surface area contributed by atoms with Gasteiger partial charge in [-0.15, -0.1) is 0 Å². The summed E-state index contributed by atoms with van der Waals surface area (Å²) in [6, 6.07) is 9.31. The molecule has 2 amide bonds. The van der Waals surface area contributed by atoms with E-state index in [1.54, 1.807) is 29.2 Å². The molecule has 34 heavy (non-hydrogen) atoms. The zero-order valence-corrected chi connectivity index (χ0v) is 17.8. The fourth-order valence-corrected chi connectivity index (χ4v) is 4.09. The molecule has 0 unspecified atom stereocenters. The number of hydrogen-bond acceptors (Lipinski definition) is 7. The summed E-state index contributed by atoms with van der Waals surface area (Å²) in [5.74, 6) is -2.24. The molecule has 3 heterocycles. The Morgan fingerprint density at radius 2 is 1.82 bits per heavy atom. The van der Waals surface area contributed by atoms with Crippen LogP contribution >= 0.6 is 0 Å². The van der Waals surface area contributed by atoms with E-state index in [1.807, 2.05) is 0 Å². The Morgan fingerprint density at radius 1 is 1.06 bits per heavy atom. The van der Waals surface area contributed by atoms with Gasteiger partial charge in [0.2, 0.25) is 12.2 Å². The number of nitrogen functional groups attached to an aromatic ring is 1. The van der Waals surface area contributed by atoms with Crippen LogP contribution in [0.2, 0.25) is 0 Å². The van der Waals surface area contributed by atoms with Crippen molar-refractivity contribution in [3.05, 3.63) is 65.9 Å². The summed E-state index contributed by atoms with van der Waals surface area (Å²) in [5.41, 5.74) is 7.34. The molecule has 0 saturated carbocycles. The molecule has 2 aromatic heterocycles. The molecular weight excluding hydrogens is 443 g/mol. The first-order valence-electron chi connectivity index (χ1n) is 10.5. The maximum atomic E-state index is 14.7. The van der Waals surface area contributed by atoms with Crippen LogP contribution < -0.4 is 5.73 Å². The van der Waals surface area contributed by atoms with Crippen molar-refractivity contribution >= 4 is 34.2 Å². The van der Waals surface area contributed by atoms with Crippen LogP contribution in [-0.2, 0) is 4.79 Å².